The monoisotopic (exact) mass is 318 g/mol. The SMILES string of the molecule is Cc1c(N=Cc2cc(C)n(-c3ccccc3)c2)cccc1C(=O)O. The number of aromatic carboxylic acids is 1. The predicted octanol–water partition coefficient (Wildman–Crippen LogP) is 4.54. The Hall–Kier alpha value is -3.14. The molecular weight excluding hydrogens is 300 g/mol. The first kappa shape index (κ1) is 15.7. The molecule has 3 aromatic rings. The van der Waals surface area contributed by atoms with Crippen molar-refractivity contribution in [2.45, 2.75) is 13.8 Å². The van der Waals surface area contributed by atoms with Gasteiger partial charge in [-0.3, -0.25) is 4.99 Å². The number of carboxylic acids is 1. The average molecular weight is 318 g/mol. The van der Waals surface area contributed by atoms with Crippen LogP contribution in [0.5, 0.6) is 0 Å². The zero-order valence-corrected chi connectivity index (χ0v) is 13.6. The van der Waals surface area contributed by atoms with Crippen LogP contribution in [0.4, 0.5) is 5.69 Å². The van der Waals surface area contributed by atoms with Crippen LogP contribution in [-0.2, 0) is 0 Å². The zero-order valence-electron chi connectivity index (χ0n) is 13.6. The number of carbonyl (C=O) groups is 1. The minimum atomic E-state index is -0.935. The van der Waals surface area contributed by atoms with Crippen LogP contribution in [-0.4, -0.2) is 21.9 Å². The Balaban J connectivity index is 1.91. The first-order valence-electron chi connectivity index (χ1n) is 7.67. The average Bonchev–Trinajstić information content (AvgIpc) is 2.95. The van der Waals surface area contributed by atoms with Crippen molar-refractivity contribution in [3.63, 3.8) is 0 Å². The highest BCUT2D eigenvalue weighted by molar-refractivity contribution is 5.91. The van der Waals surface area contributed by atoms with E-state index < -0.39 is 5.97 Å². The van der Waals surface area contributed by atoms with Gasteiger partial charge in [0.25, 0.3) is 0 Å². The summed E-state index contributed by atoms with van der Waals surface area (Å²) in [5.41, 5.74) is 4.79. The van der Waals surface area contributed by atoms with Gasteiger partial charge in [-0.25, -0.2) is 4.79 Å². The van der Waals surface area contributed by atoms with E-state index in [0.717, 1.165) is 16.9 Å². The number of para-hydroxylation sites is 1. The number of benzene rings is 2. The van der Waals surface area contributed by atoms with Crippen LogP contribution in [0.25, 0.3) is 5.69 Å². The third-order valence-corrected chi connectivity index (χ3v) is 3.96. The second-order valence-corrected chi connectivity index (χ2v) is 5.63. The summed E-state index contributed by atoms with van der Waals surface area (Å²) in [4.78, 5) is 15.7. The highest BCUT2D eigenvalue weighted by Gasteiger charge is 2.09. The second kappa shape index (κ2) is 6.54. The molecular formula is C20H18N2O2. The smallest absolute Gasteiger partial charge is 0.336 e. The molecule has 0 radical (unpaired) electrons. The van der Waals surface area contributed by atoms with Gasteiger partial charge < -0.3 is 9.67 Å². The molecule has 0 atom stereocenters. The number of aliphatic imine (C=N–C) groups is 1. The van der Waals surface area contributed by atoms with Gasteiger partial charge in [0, 0.05) is 29.4 Å². The maximum atomic E-state index is 11.2. The van der Waals surface area contributed by atoms with Crippen LogP contribution in [0.3, 0.4) is 0 Å². The number of hydrogen-bond acceptors (Lipinski definition) is 2. The van der Waals surface area contributed by atoms with E-state index in [0.29, 0.717) is 11.3 Å². The van der Waals surface area contributed by atoms with Crippen molar-refractivity contribution >= 4 is 17.9 Å². The number of aryl methyl sites for hydroxylation is 1. The summed E-state index contributed by atoms with van der Waals surface area (Å²) in [6, 6.07) is 17.3. The van der Waals surface area contributed by atoms with Crippen LogP contribution >= 0.6 is 0 Å². The number of rotatable bonds is 4. The maximum Gasteiger partial charge on any atom is 0.336 e. The molecule has 0 fully saturated rings. The molecule has 2 aromatic carbocycles. The molecule has 3 rings (SSSR count). The van der Waals surface area contributed by atoms with Gasteiger partial charge in [-0.1, -0.05) is 24.3 Å². The van der Waals surface area contributed by atoms with Crippen molar-refractivity contribution < 1.29 is 9.90 Å². The molecule has 0 spiro atoms. The summed E-state index contributed by atoms with van der Waals surface area (Å²) < 4.78 is 2.10. The topological polar surface area (TPSA) is 54.6 Å². The van der Waals surface area contributed by atoms with E-state index in [1.807, 2.05) is 43.5 Å². The molecule has 1 aromatic heterocycles. The standard InChI is InChI=1S/C20H18N2O2/c1-14-11-16(13-22(14)17-7-4-3-5-8-17)12-21-19-10-6-9-18(15(19)2)20(23)24/h3-13H,1-2H3,(H,23,24). The molecule has 1 N–H and O–H groups in total. The third-order valence-electron chi connectivity index (χ3n) is 3.96. The minimum Gasteiger partial charge on any atom is -0.478 e. The summed E-state index contributed by atoms with van der Waals surface area (Å²) in [7, 11) is 0. The molecule has 0 unspecified atom stereocenters. The van der Waals surface area contributed by atoms with Gasteiger partial charge in [-0.15, -0.1) is 0 Å². The molecule has 0 aliphatic rings. The van der Waals surface area contributed by atoms with Gasteiger partial charge in [0.05, 0.1) is 11.3 Å². The van der Waals surface area contributed by atoms with Gasteiger partial charge in [0.2, 0.25) is 0 Å². The van der Waals surface area contributed by atoms with Crippen molar-refractivity contribution in [2.24, 2.45) is 4.99 Å². The highest BCUT2D eigenvalue weighted by Crippen LogP contribution is 2.22. The highest BCUT2D eigenvalue weighted by atomic mass is 16.4. The molecule has 1 heterocycles. The number of hydrogen-bond donors (Lipinski definition) is 1. The van der Waals surface area contributed by atoms with Gasteiger partial charge in [-0.05, 0) is 49.7 Å². The lowest BCUT2D eigenvalue weighted by Crippen LogP contribution is -1.99. The lowest BCUT2D eigenvalue weighted by Gasteiger charge is -2.04. The molecule has 0 saturated carbocycles. The first-order valence-corrected chi connectivity index (χ1v) is 7.67. The van der Waals surface area contributed by atoms with Crippen molar-refractivity contribution in [3.05, 3.63) is 83.2 Å². The summed E-state index contributed by atoms with van der Waals surface area (Å²) in [6.45, 7) is 3.82. The minimum absolute atomic E-state index is 0.280. The fourth-order valence-electron chi connectivity index (χ4n) is 2.68. The van der Waals surface area contributed by atoms with E-state index in [9.17, 15) is 9.90 Å². The predicted molar refractivity (Wildman–Crippen MR) is 95.9 cm³/mol. The molecule has 120 valence electrons. The van der Waals surface area contributed by atoms with Gasteiger partial charge >= 0.3 is 5.97 Å². The molecule has 0 aliphatic carbocycles. The fourth-order valence-corrected chi connectivity index (χ4v) is 2.68. The Labute approximate surface area is 140 Å². The molecule has 0 bridgehead atoms. The Morgan fingerprint density at radius 1 is 1.08 bits per heavy atom. The number of aromatic nitrogens is 1. The third kappa shape index (κ3) is 3.13. The molecule has 24 heavy (non-hydrogen) atoms. The summed E-state index contributed by atoms with van der Waals surface area (Å²) in [5.74, 6) is -0.935. The molecule has 0 aliphatic heterocycles. The second-order valence-electron chi connectivity index (χ2n) is 5.63. The van der Waals surface area contributed by atoms with Crippen LogP contribution in [0.15, 0.2) is 65.8 Å². The summed E-state index contributed by atoms with van der Waals surface area (Å²) in [6.07, 6.45) is 3.78. The van der Waals surface area contributed by atoms with Crippen LogP contribution in [0.1, 0.15) is 27.2 Å². The Kier molecular flexibility index (Phi) is 4.29. The van der Waals surface area contributed by atoms with Crippen molar-refractivity contribution in [2.75, 3.05) is 0 Å². The van der Waals surface area contributed by atoms with Crippen molar-refractivity contribution in [1.82, 2.24) is 4.57 Å². The largest absolute Gasteiger partial charge is 0.478 e. The fraction of sp³-hybridized carbons (Fsp3) is 0.100. The normalized spacial score (nSPS) is 11.1. The quantitative estimate of drug-likeness (QED) is 0.718. The molecule has 0 amide bonds. The Morgan fingerprint density at radius 2 is 1.83 bits per heavy atom. The molecule has 0 saturated heterocycles. The van der Waals surface area contributed by atoms with Gasteiger partial charge in [-0.2, -0.15) is 0 Å². The number of carboxylic acid groups (broad SMARTS) is 1. The molecule has 4 heteroatoms. The van der Waals surface area contributed by atoms with E-state index in [-0.39, 0.29) is 5.56 Å². The molecule has 4 nitrogen and oxygen atoms in total. The Bertz CT molecular complexity index is 909. The zero-order chi connectivity index (χ0) is 17.1. The summed E-state index contributed by atoms with van der Waals surface area (Å²) >= 11 is 0. The van der Waals surface area contributed by atoms with E-state index in [1.54, 1.807) is 25.3 Å². The van der Waals surface area contributed by atoms with Crippen molar-refractivity contribution in [3.8, 4) is 5.69 Å². The lowest BCUT2D eigenvalue weighted by atomic mass is 10.1. The van der Waals surface area contributed by atoms with E-state index >= 15 is 0 Å². The summed E-state index contributed by atoms with van der Waals surface area (Å²) in [5, 5.41) is 9.19. The van der Waals surface area contributed by atoms with E-state index in [2.05, 4.69) is 21.7 Å². The van der Waals surface area contributed by atoms with Crippen LogP contribution in [0.2, 0.25) is 0 Å². The lowest BCUT2D eigenvalue weighted by molar-refractivity contribution is 0.0696. The first-order chi connectivity index (χ1) is 11.6. The Morgan fingerprint density at radius 3 is 2.54 bits per heavy atom. The van der Waals surface area contributed by atoms with Crippen LogP contribution in [0, 0.1) is 13.8 Å². The maximum absolute atomic E-state index is 11.2. The van der Waals surface area contributed by atoms with Crippen LogP contribution < -0.4 is 0 Å². The van der Waals surface area contributed by atoms with Gasteiger partial charge in [0.1, 0.15) is 0 Å². The van der Waals surface area contributed by atoms with E-state index in [4.69, 9.17) is 0 Å². The van der Waals surface area contributed by atoms with E-state index in [1.165, 1.54) is 0 Å². The van der Waals surface area contributed by atoms with Crippen molar-refractivity contribution in [1.29, 1.82) is 0 Å². The number of nitrogens with zero attached hydrogens (tertiary/aromatic N) is 2. The van der Waals surface area contributed by atoms with Gasteiger partial charge in [0.15, 0.2) is 0 Å².